The van der Waals surface area contributed by atoms with Crippen LogP contribution in [0.15, 0.2) is 6.20 Å². The van der Waals surface area contributed by atoms with Gasteiger partial charge < -0.3 is 10.4 Å². The lowest BCUT2D eigenvalue weighted by Crippen LogP contribution is -2.47. The van der Waals surface area contributed by atoms with Gasteiger partial charge in [0.25, 0.3) is 5.91 Å². The number of aromatic nitrogens is 3. The standard InChI is InChI=1S/C8H12N4O2/c13-7(6-4-10-12-11-6)9-5-8(14)2-1-3-8/h4,14H,1-3,5H2,(H,9,13)(H,10,11,12). The van der Waals surface area contributed by atoms with Gasteiger partial charge in [-0.25, -0.2) is 0 Å². The molecule has 1 aromatic heterocycles. The Morgan fingerprint density at radius 2 is 2.50 bits per heavy atom. The van der Waals surface area contributed by atoms with E-state index in [1.54, 1.807) is 0 Å². The number of rotatable bonds is 3. The Morgan fingerprint density at radius 3 is 3.00 bits per heavy atom. The van der Waals surface area contributed by atoms with E-state index in [2.05, 4.69) is 20.7 Å². The Labute approximate surface area is 80.7 Å². The first-order valence-electron chi connectivity index (χ1n) is 4.56. The summed E-state index contributed by atoms with van der Waals surface area (Å²) in [5, 5.41) is 21.8. The molecular formula is C8H12N4O2. The van der Waals surface area contributed by atoms with E-state index < -0.39 is 5.60 Å². The maximum Gasteiger partial charge on any atom is 0.273 e. The highest BCUT2D eigenvalue weighted by atomic mass is 16.3. The lowest BCUT2D eigenvalue weighted by atomic mass is 9.80. The summed E-state index contributed by atoms with van der Waals surface area (Å²) in [6.45, 7) is 0.290. The van der Waals surface area contributed by atoms with E-state index in [0.29, 0.717) is 6.54 Å². The van der Waals surface area contributed by atoms with E-state index in [0.717, 1.165) is 19.3 Å². The van der Waals surface area contributed by atoms with Crippen molar-refractivity contribution < 1.29 is 9.90 Å². The monoisotopic (exact) mass is 196 g/mol. The van der Waals surface area contributed by atoms with Crippen molar-refractivity contribution in [3.05, 3.63) is 11.9 Å². The molecule has 1 aromatic rings. The Kier molecular flexibility index (Phi) is 2.20. The number of hydrogen-bond donors (Lipinski definition) is 3. The molecule has 2 rings (SSSR count). The summed E-state index contributed by atoms with van der Waals surface area (Å²) >= 11 is 0. The number of carbonyl (C=O) groups excluding carboxylic acids is 1. The van der Waals surface area contributed by atoms with Crippen molar-refractivity contribution in [3.63, 3.8) is 0 Å². The van der Waals surface area contributed by atoms with Crippen LogP contribution in [0.3, 0.4) is 0 Å². The smallest absolute Gasteiger partial charge is 0.273 e. The fraction of sp³-hybridized carbons (Fsp3) is 0.625. The number of H-pyrrole nitrogens is 1. The van der Waals surface area contributed by atoms with Gasteiger partial charge in [0, 0.05) is 6.54 Å². The Balaban J connectivity index is 1.84. The zero-order chi connectivity index (χ0) is 10.0. The lowest BCUT2D eigenvalue weighted by Gasteiger charge is -2.36. The molecule has 3 N–H and O–H groups in total. The minimum absolute atomic E-state index is 0.243. The van der Waals surface area contributed by atoms with E-state index >= 15 is 0 Å². The van der Waals surface area contributed by atoms with Crippen LogP contribution in [0.5, 0.6) is 0 Å². The van der Waals surface area contributed by atoms with Gasteiger partial charge in [-0.05, 0) is 19.3 Å². The molecule has 1 aliphatic rings. The number of amides is 1. The first-order valence-corrected chi connectivity index (χ1v) is 4.56. The zero-order valence-electron chi connectivity index (χ0n) is 7.66. The summed E-state index contributed by atoms with van der Waals surface area (Å²) in [6.07, 6.45) is 3.88. The summed E-state index contributed by atoms with van der Waals surface area (Å²) in [6, 6.07) is 0. The molecule has 1 saturated carbocycles. The molecule has 0 aliphatic heterocycles. The highest BCUT2D eigenvalue weighted by Gasteiger charge is 2.34. The summed E-state index contributed by atoms with van der Waals surface area (Å²) in [5.41, 5.74) is -0.452. The zero-order valence-corrected chi connectivity index (χ0v) is 7.66. The number of aliphatic hydroxyl groups is 1. The van der Waals surface area contributed by atoms with Crippen LogP contribution in [-0.4, -0.2) is 38.6 Å². The molecule has 6 heteroatoms. The number of nitrogens with zero attached hydrogens (tertiary/aromatic N) is 2. The van der Waals surface area contributed by atoms with Crippen LogP contribution in [0.1, 0.15) is 29.8 Å². The second kappa shape index (κ2) is 3.38. The lowest BCUT2D eigenvalue weighted by molar-refractivity contribution is -0.0300. The van der Waals surface area contributed by atoms with Crippen LogP contribution < -0.4 is 5.32 Å². The van der Waals surface area contributed by atoms with Crippen molar-refractivity contribution >= 4 is 5.91 Å². The summed E-state index contributed by atoms with van der Waals surface area (Å²) in [5.74, 6) is -0.306. The largest absolute Gasteiger partial charge is 0.388 e. The number of nitrogens with one attached hydrogen (secondary N) is 2. The molecule has 6 nitrogen and oxygen atoms in total. The van der Waals surface area contributed by atoms with E-state index in [-0.39, 0.29) is 11.6 Å². The van der Waals surface area contributed by atoms with Gasteiger partial charge in [0.1, 0.15) is 0 Å². The molecule has 76 valence electrons. The Morgan fingerprint density at radius 1 is 1.71 bits per heavy atom. The molecule has 14 heavy (non-hydrogen) atoms. The fourth-order valence-corrected chi connectivity index (χ4v) is 1.41. The summed E-state index contributed by atoms with van der Waals surface area (Å²) in [4.78, 5) is 11.3. The number of carbonyl (C=O) groups is 1. The average Bonchev–Trinajstić information content (AvgIpc) is 2.63. The first kappa shape index (κ1) is 9.14. The van der Waals surface area contributed by atoms with Crippen LogP contribution in [0.2, 0.25) is 0 Å². The van der Waals surface area contributed by atoms with Crippen LogP contribution in [0.4, 0.5) is 0 Å². The molecule has 0 saturated heterocycles. The van der Waals surface area contributed by atoms with Crippen LogP contribution in [0.25, 0.3) is 0 Å². The highest BCUT2D eigenvalue weighted by Crippen LogP contribution is 2.30. The Hall–Kier alpha value is -1.43. The molecular weight excluding hydrogens is 184 g/mol. The maximum absolute atomic E-state index is 11.3. The molecule has 0 atom stereocenters. The maximum atomic E-state index is 11.3. The molecule has 0 unspecified atom stereocenters. The quantitative estimate of drug-likeness (QED) is 0.605. The van der Waals surface area contributed by atoms with Crippen molar-refractivity contribution in [2.24, 2.45) is 0 Å². The van der Waals surface area contributed by atoms with Crippen LogP contribution in [-0.2, 0) is 0 Å². The predicted octanol–water partition coefficient (Wildman–Crippen LogP) is -0.551. The minimum atomic E-state index is -0.695. The van der Waals surface area contributed by atoms with Gasteiger partial charge in [-0.3, -0.25) is 4.79 Å². The third-order valence-electron chi connectivity index (χ3n) is 2.51. The van der Waals surface area contributed by atoms with Crippen LogP contribution in [0, 0.1) is 0 Å². The normalized spacial score (nSPS) is 18.6. The molecule has 1 amide bonds. The molecule has 1 aliphatic carbocycles. The van der Waals surface area contributed by atoms with Crippen molar-refractivity contribution in [1.82, 2.24) is 20.7 Å². The average molecular weight is 196 g/mol. The second-order valence-corrected chi connectivity index (χ2v) is 3.62. The SMILES string of the molecule is O=C(NCC1(O)CCC1)c1cn[nH]n1. The van der Waals surface area contributed by atoms with Crippen molar-refractivity contribution in [2.75, 3.05) is 6.54 Å². The third-order valence-corrected chi connectivity index (χ3v) is 2.51. The van der Waals surface area contributed by atoms with Gasteiger partial charge in [0.15, 0.2) is 5.69 Å². The first-order chi connectivity index (χ1) is 6.70. The minimum Gasteiger partial charge on any atom is -0.388 e. The van der Waals surface area contributed by atoms with Gasteiger partial charge in [-0.1, -0.05) is 0 Å². The van der Waals surface area contributed by atoms with Gasteiger partial charge in [-0.2, -0.15) is 15.4 Å². The van der Waals surface area contributed by atoms with E-state index in [1.165, 1.54) is 6.20 Å². The molecule has 0 bridgehead atoms. The van der Waals surface area contributed by atoms with Gasteiger partial charge in [-0.15, -0.1) is 0 Å². The van der Waals surface area contributed by atoms with E-state index in [9.17, 15) is 9.90 Å². The van der Waals surface area contributed by atoms with Crippen molar-refractivity contribution in [3.8, 4) is 0 Å². The molecule has 1 heterocycles. The van der Waals surface area contributed by atoms with Crippen molar-refractivity contribution in [1.29, 1.82) is 0 Å². The molecule has 1 fully saturated rings. The molecule has 0 aromatic carbocycles. The summed E-state index contributed by atoms with van der Waals surface area (Å²) in [7, 11) is 0. The molecule has 0 radical (unpaired) electrons. The topological polar surface area (TPSA) is 90.9 Å². The van der Waals surface area contributed by atoms with Gasteiger partial charge >= 0.3 is 0 Å². The van der Waals surface area contributed by atoms with Crippen molar-refractivity contribution in [2.45, 2.75) is 24.9 Å². The second-order valence-electron chi connectivity index (χ2n) is 3.62. The fourth-order valence-electron chi connectivity index (χ4n) is 1.41. The highest BCUT2D eigenvalue weighted by molar-refractivity contribution is 5.91. The van der Waals surface area contributed by atoms with E-state index in [1.807, 2.05) is 0 Å². The predicted molar refractivity (Wildman–Crippen MR) is 47.5 cm³/mol. The number of aromatic amines is 1. The molecule has 0 spiro atoms. The number of hydrogen-bond acceptors (Lipinski definition) is 4. The van der Waals surface area contributed by atoms with E-state index in [4.69, 9.17) is 0 Å². The van der Waals surface area contributed by atoms with Gasteiger partial charge in [0.2, 0.25) is 0 Å². The Bertz CT molecular complexity index is 318. The van der Waals surface area contributed by atoms with Gasteiger partial charge in [0.05, 0.1) is 11.8 Å². The van der Waals surface area contributed by atoms with Crippen LogP contribution >= 0.6 is 0 Å². The summed E-state index contributed by atoms with van der Waals surface area (Å²) < 4.78 is 0. The third kappa shape index (κ3) is 1.74.